The molecule has 0 N–H and O–H groups in total. The van der Waals surface area contributed by atoms with E-state index in [0.29, 0.717) is 0 Å². The van der Waals surface area contributed by atoms with Crippen LogP contribution in [0.2, 0.25) is 0 Å². The molecule has 0 fully saturated rings. The number of hydrogen-bond donors (Lipinski definition) is 0. The summed E-state index contributed by atoms with van der Waals surface area (Å²) in [6, 6.07) is 3.99. The van der Waals surface area contributed by atoms with Gasteiger partial charge in [-0.2, -0.15) is 0 Å². The van der Waals surface area contributed by atoms with Crippen molar-refractivity contribution in [2.75, 3.05) is 7.11 Å². The SMILES string of the molecule is COc1cc(I)c(Br)c(I)c1. The molecule has 4 heteroatoms. The first-order valence-electron chi connectivity index (χ1n) is 2.83. The lowest BCUT2D eigenvalue weighted by Gasteiger charge is -2.03. The first-order chi connectivity index (χ1) is 5.15. The van der Waals surface area contributed by atoms with Crippen LogP contribution in [0.25, 0.3) is 0 Å². The Labute approximate surface area is 101 Å². The Morgan fingerprint density at radius 2 is 1.73 bits per heavy atom. The van der Waals surface area contributed by atoms with Crippen molar-refractivity contribution in [2.24, 2.45) is 0 Å². The van der Waals surface area contributed by atoms with Gasteiger partial charge in [-0.1, -0.05) is 0 Å². The summed E-state index contributed by atoms with van der Waals surface area (Å²) in [5, 5.41) is 0. The summed E-state index contributed by atoms with van der Waals surface area (Å²) >= 11 is 8.01. The molecule has 1 nitrogen and oxygen atoms in total. The lowest BCUT2D eigenvalue weighted by molar-refractivity contribution is 0.414. The van der Waals surface area contributed by atoms with E-state index in [1.807, 2.05) is 12.1 Å². The van der Waals surface area contributed by atoms with Crippen LogP contribution in [0.1, 0.15) is 0 Å². The minimum atomic E-state index is 0.905. The molecule has 11 heavy (non-hydrogen) atoms. The molecule has 0 saturated heterocycles. The molecule has 0 saturated carbocycles. The molecule has 0 aliphatic heterocycles. The Balaban J connectivity index is 3.21. The highest BCUT2D eigenvalue weighted by molar-refractivity contribution is 14.1. The summed E-state index contributed by atoms with van der Waals surface area (Å²) in [5.41, 5.74) is 0. The van der Waals surface area contributed by atoms with E-state index in [9.17, 15) is 0 Å². The third kappa shape index (κ3) is 2.45. The molecule has 0 aliphatic carbocycles. The van der Waals surface area contributed by atoms with Crippen LogP contribution in [0.3, 0.4) is 0 Å². The van der Waals surface area contributed by atoms with Crippen molar-refractivity contribution >= 4 is 61.1 Å². The van der Waals surface area contributed by atoms with Crippen LogP contribution in [0, 0.1) is 7.14 Å². The number of hydrogen-bond acceptors (Lipinski definition) is 1. The quantitative estimate of drug-likeness (QED) is 0.480. The normalized spacial score (nSPS) is 9.82. The van der Waals surface area contributed by atoms with Crippen molar-refractivity contribution < 1.29 is 4.74 Å². The van der Waals surface area contributed by atoms with E-state index in [1.54, 1.807) is 7.11 Å². The highest BCUT2D eigenvalue weighted by Gasteiger charge is 2.03. The van der Waals surface area contributed by atoms with Crippen LogP contribution < -0.4 is 4.74 Å². The zero-order valence-electron chi connectivity index (χ0n) is 5.70. The van der Waals surface area contributed by atoms with Crippen LogP contribution >= 0.6 is 61.1 Å². The van der Waals surface area contributed by atoms with E-state index in [-0.39, 0.29) is 0 Å². The molecule has 0 aliphatic rings. The maximum absolute atomic E-state index is 5.10. The molecule has 0 aromatic heterocycles. The van der Waals surface area contributed by atoms with E-state index in [4.69, 9.17) is 4.74 Å². The van der Waals surface area contributed by atoms with Crippen LogP contribution in [-0.4, -0.2) is 7.11 Å². The third-order valence-corrected chi connectivity index (χ3v) is 5.23. The smallest absolute Gasteiger partial charge is 0.121 e. The number of methoxy groups -OCH3 is 1. The van der Waals surface area contributed by atoms with Gasteiger partial charge in [0.05, 0.1) is 7.11 Å². The van der Waals surface area contributed by atoms with Gasteiger partial charge >= 0.3 is 0 Å². The second-order valence-electron chi connectivity index (χ2n) is 1.91. The Kier molecular flexibility index (Phi) is 3.90. The second-order valence-corrected chi connectivity index (χ2v) is 5.02. The molecule has 0 amide bonds. The summed E-state index contributed by atoms with van der Waals surface area (Å²) < 4.78 is 8.58. The van der Waals surface area contributed by atoms with Crippen molar-refractivity contribution in [1.29, 1.82) is 0 Å². The molecule has 1 rings (SSSR count). The minimum Gasteiger partial charge on any atom is -0.497 e. The topological polar surface area (TPSA) is 9.23 Å². The van der Waals surface area contributed by atoms with Gasteiger partial charge in [-0.05, 0) is 73.2 Å². The van der Waals surface area contributed by atoms with Gasteiger partial charge in [-0.15, -0.1) is 0 Å². The van der Waals surface area contributed by atoms with Gasteiger partial charge in [-0.3, -0.25) is 0 Å². The summed E-state index contributed by atoms with van der Waals surface area (Å²) in [7, 11) is 1.68. The second kappa shape index (κ2) is 4.27. The molecular weight excluding hydrogens is 434 g/mol. The zero-order valence-corrected chi connectivity index (χ0v) is 11.6. The van der Waals surface area contributed by atoms with Gasteiger partial charge in [0, 0.05) is 11.6 Å². The Morgan fingerprint density at radius 1 is 1.27 bits per heavy atom. The maximum atomic E-state index is 5.10. The predicted octanol–water partition coefficient (Wildman–Crippen LogP) is 3.67. The van der Waals surface area contributed by atoms with E-state index in [1.165, 1.54) is 7.14 Å². The predicted molar refractivity (Wildman–Crippen MR) is 66.1 cm³/mol. The van der Waals surface area contributed by atoms with E-state index >= 15 is 0 Å². The Hall–Kier alpha value is 0.960. The van der Waals surface area contributed by atoms with Gasteiger partial charge < -0.3 is 4.74 Å². The number of benzene rings is 1. The van der Waals surface area contributed by atoms with Crippen molar-refractivity contribution in [2.45, 2.75) is 0 Å². The first-order valence-corrected chi connectivity index (χ1v) is 5.78. The largest absolute Gasteiger partial charge is 0.497 e. The van der Waals surface area contributed by atoms with Crippen LogP contribution in [-0.2, 0) is 0 Å². The fraction of sp³-hybridized carbons (Fsp3) is 0.143. The molecule has 0 unspecified atom stereocenters. The Bertz CT molecular complexity index is 252. The highest BCUT2D eigenvalue weighted by atomic mass is 127. The van der Waals surface area contributed by atoms with Gasteiger partial charge in [-0.25, -0.2) is 0 Å². The summed E-state index contributed by atoms with van der Waals surface area (Å²) in [6.07, 6.45) is 0. The van der Waals surface area contributed by atoms with E-state index in [2.05, 4.69) is 61.1 Å². The van der Waals surface area contributed by atoms with Crippen molar-refractivity contribution in [3.05, 3.63) is 23.7 Å². The maximum Gasteiger partial charge on any atom is 0.121 e. The van der Waals surface area contributed by atoms with Crippen molar-refractivity contribution in [3.63, 3.8) is 0 Å². The summed E-state index contributed by atoms with van der Waals surface area (Å²) in [4.78, 5) is 0. The average molecular weight is 439 g/mol. The zero-order chi connectivity index (χ0) is 8.43. The Morgan fingerprint density at radius 3 is 2.09 bits per heavy atom. The first kappa shape index (κ1) is 10.0. The van der Waals surface area contributed by atoms with Crippen LogP contribution in [0.5, 0.6) is 5.75 Å². The fourth-order valence-electron chi connectivity index (χ4n) is 0.650. The highest BCUT2D eigenvalue weighted by Crippen LogP contribution is 2.29. The molecule has 0 bridgehead atoms. The summed E-state index contributed by atoms with van der Waals surface area (Å²) in [5.74, 6) is 0.905. The fourth-order valence-corrected chi connectivity index (χ4v) is 2.59. The van der Waals surface area contributed by atoms with Crippen LogP contribution in [0.15, 0.2) is 16.6 Å². The molecule has 60 valence electrons. The van der Waals surface area contributed by atoms with E-state index in [0.717, 1.165) is 10.2 Å². The molecule has 1 aromatic carbocycles. The van der Waals surface area contributed by atoms with Gasteiger partial charge in [0.25, 0.3) is 0 Å². The molecule has 0 radical (unpaired) electrons. The summed E-state index contributed by atoms with van der Waals surface area (Å²) in [6.45, 7) is 0. The van der Waals surface area contributed by atoms with Gasteiger partial charge in [0.2, 0.25) is 0 Å². The van der Waals surface area contributed by atoms with Crippen LogP contribution in [0.4, 0.5) is 0 Å². The van der Waals surface area contributed by atoms with Gasteiger partial charge in [0.1, 0.15) is 5.75 Å². The number of ether oxygens (including phenoxy) is 1. The minimum absolute atomic E-state index is 0.905. The molecule has 1 aromatic rings. The standard InChI is InChI=1S/C7H5BrI2O/c1-11-4-2-5(9)7(8)6(10)3-4/h2-3H,1H3. The van der Waals surface area contributed by atoms with Crippen molar-refractivity contribution in [3.8, 4) is 5.75 Å². The van der Waals surface area contributed by atoms with E-state index < -0.39 is 0 Å². The number of rotatable bonds is 1. The molecule has 0 atom stereocenters. The molecule has 0 spiro atoms. The average Bonchev–Trinajstić information content (AvgIpc) is 1.99. The monoisotopic (exact) mass is 438 g/mol. The lowest BCUT2D eigenvalue weighted by Crippen LogP contribution is -1.86. The molecular formula is C7H5BrI2O. The third-order valence-electron chi connectivity index (χ3n) is 1.19. The van der Waals surface area contributed by atoms with Crippen molar-refractivity contribution in [1.82, 2.24) is 0 Å². The lowest BCUT2D eigenvalue weighted by atomic mass is 10.3. The molecule has 0 heterocycles. The number of halogens is 3. The van der Waals surface area contributed by atoms with Gasteiger partial charge in [0.15, 0.2) is 0 Å².